The lowest BCUT2D eigenvalue weighted by atomic mass is 10.1. The molecule has 0 saturated carbocycles. The third kappa shape index (κ3) is 5.41. The van der Waals surface area contributed by atoms with Gasteiger partial charge in [-0.2, -0.15) is 0 Å². The van der Waals surface area contributed by atoms with E-state index >= 15 is 0 Å². The molecule has 5 heteroatoms. The predicted octanol–water partition coefficient (Wildman–Crippen LogP) is 3.85. The van der Waals surface area contributed by atoms with Crippen LogP contribution in [0, 0.1) is 0 Å². The second kappa shape index (κ2) is 9.70. The van der Waals surface area contributed by atoms with Crippen LogP contribution in [0.15, 0.2) is 42.5 Å². The Balaban J connectivity index is 1.86. The smallest absolute Gasteiger partial charge is 0.258 e. The van der Waals surface area contributed by atoms with Crippen molar-refractivity contribution in [2.24, 2.45) is 0 Å². The molecule has 0 atom stereocenters. The highest BCUT2D eigenvalue weighted by atomic mass is 16.5. The van der Waals surface area contributed by atoms with Crippen LogP contribution in [-0.2, 0) is 6.42 Å². The highest BCUT2D eigenvalue weighted by Crippen LogP contribution is 2.27. The molecule has 2 rings (SSSR count). The summed E-state index contributed by atoms with van der Waals surface area (Å²) in [4.78, 5) is 12.5. The number of methoxy groups -OCH3 is 2. The van der Waals surface area contributed by atoms with Crippen LogP contribution in [-0.4, -0.2) is 32.8 Å². The number of hydrogen-bond donors (Lipinski definition) is 1. The van der Waals surface area contributed by atoms with E-state index in [-0.39, 0.29) is 12.0 Å². The topological polar surface area (TPSA) is 56.8 Å². The van der Waals surface area contributed by atoms with Gasteiger partial charge in [-0.05, 0) is 56.5 Å². The minimum absolute atomic E-state index is 0.169. The summed E-state index contributed by atoms with van der Waals surface area (Å²) < 4.78 is 16.2. The summed E-state index contributed by atoms with van der Waals surface area (Å²) in [5, 5.41) is 2.93. The first-order valence-electron chi connectivity index (χ1n) is 8.80. The zero-order valence-corrected chi connectivity index (χ0v) is 15.9. The number of carbonyl (C=O) groups excluding carboxylic acids is 1. The zero-order chi connectivity index (χ0) is 18.9. The lowest BCUT2D eigenvalue weighted by molar-refractivity contribution is 0.0947. The molecule has 5 nitrogen and oxygen atoms in total. The van der Waals surface area contributed by atoms with Gasteiger partial charge in [-0.25, -0.2) is 0 Å². The van der Waals surface area contributed by atoms with E-state index in [1.165, 1.54) is 19.8 Å². The molecule has 0 aromatic heterocycles. The van der Waals surface area contributed by atoms with Crippen molar-refractivity contribution < 1.29 is 19.0 Å². The number of benzene rings is 2. The van der Waals surface area contributed by atoms with Gasteiger partial charge >= 0.3 is 0 Å². The maximum absolute atomic E-state index is 12.5. The molecule has 0 bridgehead atoms. The summed E-state index contributed by atoms with van der Waals surface area (Å²) in [6.45, 7) is 4.59. The highest BCUT2D eigenvalue weighted by Gasteiger charge is 2.17. The zero-order valence-electron chi connectivity index (χ0n) is 15.9. The fourth-order valence-electron chi connectivity index (χ4n) is 2.66. The summed E-state index contributed by atoms with van der Waals surface area (Å²) in [6.07, 6.45) is 1.89. The van der Waals surface area contributed by atoms with Crippen LogP contribution in [0.1, 0.15) is 36.2 Å². The van der Waals surface area contributed by atoms with Crippen molar-refractivity contribution in [1.29, 1.82) is 0 Å². The van der Waals surface area contributed by atoms with Gasteiger partial charge in [0, 0.05) is 6.54 Å². The summed E-state index contributed by atoms with van der Waals surface area (Å²) in [5.41, 5.74) is 1.64. The summed E-state index contributed by atoms with van der Waals surface area (Å²) in [5.74, 6) is 1.69. The van der Waals surface area contributed by atoms with Crippen molar-refractivity contribution in [3.05, 3.63) is 53.6 Å². The molecule has 0 fully saturated rings. The molecule has 0 heterocycles. The number of hydrogen-bond acceptors (Lipinski definition) is 4. The van der Waals surface area contributed by atoms with Gasteiger partial charge in [0.2, 0.25) is 0 Å². The van der Waals surface area contributed by atoms with Gasteiger partial charge in [0.1, 0.15) is 22.8 Å². The minimum atomic E-state index is -0.194. The Labute approximate surface area is 155 Å². The van der Waals surface area contributed by atoms with Crippen LogP contribution < -0.4 is 19.5 Å². The fourth-order valence-corrected chi connectivity index (χ4v) is 2.66. The van der Waals surface area contributed by atoms with Gasteiger partial charge in [0.15, 0.2) is 0 Å². The molecule has 2 aromatic carbocycles. The molecule has 0 aliphatic heterocycles. The van der Waals surface area contributed by atoms with Crippen LogP contribution in [0.25, 0.3) is 0 Å². The van der Waals surface area contributed by atoms with Gasteiger partial charge in [-0.1, -0.05) is 18.2 Å². The number of rotatable bonds is 9. The SMILES string of the molecule is COc1cccc(OC)c1C(=O)NCCCc1ccc(OC(C)C)cc1. The summed E-state index contributed by atoms with van der Waals surface area (Å²) in [6, 6.07) is 13.4. The van der Waals surface area contributed by atoms with Gasteiger partial charge in [-0.15, -0.1) is 0 Å². The Morgan fingerprint density at radius 3 is 2.15 bits per heavy atom. The maximum atomic E-state index is 12.5. The van der Waals surface area contributed by atoms with E-state index in [1.54, 1.807) is 18.2 Å². The van der Waals surface area contributed by atoms with E-state index in [0.717, 1.165) is 18.6 Å². The standard InChI is InChI=1S/C21H27NO4/c1-15(2)26-17-12-10-16(11-13-17)7-6-14-22-21(23)20-18(24-3)8-5-9-19(20)25-4/h5,8-13,15H,6-7,14H2,1-4H3,(H,22,23). The monoisotopic (exact) mass is 357 g/mol. The summed E-state index contributed by atoms with van der Waals surface area (Å²) >= 11 is 0. The Kier molecular flexibility index (Phi) is 7.33. The molecule has 0 aliphatic rings. The largest absolute Gasteiger partial charge is 0.496 e. The van der Waals surface area contributed by atoms with Crippen molar-refractivity contribution in [1.82, 2.24) is 5.32 Å². The van der Waals surface area contributed by atoms with E-state index < -0.39 is 0 Å². The Bertz CT molecular complexity index is 688. The third-order valence-electron chi connectivity index (χ3n) is 3.88. The molecule has 0 aliphatic carbocycles. The van der Waals surface area contributed by atoms with Gasteiger partial charge in [0.05, 0.1) is 20.3 Å². The van der Waals surface area contributed by atoms with E-state index in [9.17, 15) is 4.79 Å². The maximum Gasteiger partial charge on any atom is 0.258 e. The predicted molar refractivity (Wildman–Crippen MR) is 102 cm³/mol. The van der Waals surface area contributed by atoms with Crippen molar-refractivity contribution in [2.75, 3.05) is 20.8 Å². The molecule has 1 amide bonds. The lowest BCUT2D eigenvalue weighted by Crippen LogP contribution is -2.25. The number of aryl methyl sites for hydroxylation is 1. The van der Waals surface area contributed by atoms with Crippen LogP contribution in [0.3, 0.4) is 0 Å². The Morgan fingerprint density at radius 1 is 1.00 bits per heavy atom. The van der Waals surface area contributed by atoms with Crippen molar-refractivity contribution in [2.45, 2.75) is 32.8 Å². The van der Waals surface area contributed by atoms with E-state index in [4.69, 9.17) is 14.2 Å². The van der Waals surface area contributed by atoms with E-state index in [0.29, 0.717) is 23.6 Å². The van der Waals surface area contributed by atoms with Gasteiger partial charge in [0.25, 0.3) is 5.91 Å². The van der Waals surface area contributed by atoms with Crippen LogP contribution >= 0.6 is 0 Å². The van der Waals surface area contributed by atoms with Crippen molar-refractivity contribution >= 4 is 5.91 Å². The molecule has 140 valence electrons. The molecule has 0 unspecified atom stereocenters. The second-order valence-electron chi connectivity index (χ2n) is 6.21. The minimum Gasteiger partial charge on any atom is -0.496 e. The Morgan fingerprint density at radius 2 is 1.62 bits per heavy atom. The molecular weight excluding hydrogens is 330 g/mol. The Hall–Kier alpha value is -2.69. The number of ether oxygens (including phenoxy) is 3. The highest BCUT2D eigenvalue weighted by molar-refractivity contribution is 5.99. The first kappa shape index (κ1) is 19.6. The fraction of sp³-hybridized carbons (Fsp3) is 0.381. The summed E-state index contributed by atoms with van der Waals surface area (Å²) in [7, 11) is 3.08. The molecule has 2 aromatic rings. The number of carbonyl (C=O) groups is 1. The molecule has 0 saturated heterocycles. The van der Waals surface area contributed by atoms with E-state index in [1.807, 2.05) is 26.0 Å². The quantitative estimate of drug-likeness (QED) is 0.693. The van der Waals surface area contributed by atoms with Crippen LogP contribution in [0.2, 0.25) is 0 Å². The molecular formula is C21H27NO4. The van der Waals surface area contributed by atoms with Crippen molar-refractivity contribution in [3.63, 3.8) is 0 Å². The first-order chi connectivity index (χ1) is 12.5. The lowest BCUT2D eigenvalue weighted by Gasteiger charge is -2.13. The van der Waals surface area contributed by atoms with E-state index in [2.05, 4.69) is 17.4 Å². The average molecular weight is 357 g/mol. The van der Waals surface area contributed by atoms with Gasteiger partial charge in [-0.3, -0.25) is 4.79 Å². The number of amides is 1. The van der Waals surface area contributed by atoms with Crippen LogP contribution in [0.4, 0.5) is 0 Å². The normalized spacial score (nSPS) is 10.5. The molecule has 26 heavy (non-hydrogen) atoms. The van der Waals surface area contributed by atoms with Gasteiger partial charge < -0.3 is 19.5 Å². The molecule has 0 radical (unpaired) electrons. The molecule has 0 spiro atoms. The third-order valence-corrected chi connectivity index (χ3v) is 3.88. The number of nitrogens with one attached hydrogen (secondary N) is 1. The second-order valence-corrected chi connectivity index (χ2v) is 6.21. The first-order valence-corrected chi connectivity index (χ1v) is 8.80. The average Bonchev–Trinajstić information content (AvgIpc) is 2.65. The van der Waals surface area contributed by atoms with Crippen LogP contribution in [0.5, 0.6) is 17.2 Å². The molecule has 1 N–H and O–H groups in total. The van der Waals surface area contributed by atoms with Crippen molar-refractivity contribution in [3.8, 4) is 17.2 Å².